The van der Waals surface area contributed by atoms with Crippen LogP contribution in [0, 0.1) is 0 Å². The highest BCUT2D eigenvalue weighted by atomic mass is 32.1. The number of nitrogens with one attached hydrogen (secondary N) is 1. The number of hydrogen-bond acceptors (Lipinski definition) is 5. The van der Waals surface area contributed by atoms with E-state index in [-0.39, 0.29) is 11.3 Å². The van der Waals surface area contributed by atoms with E-state index in [0.29, 0.717) is 22.1 Å². The third kappa shape index (κ3) is 3.52. The summed E-state index contributed by atoms with van der Waals surface area (Å²) >= 11 is 1.41. The largest absolute Gasteiger partial charge is 0.496 e. The maximum absolute atomic E-state index is 12.3. The topological polar surface area (TPSA) is 77.2 Å². The lowest BCUT2D eigenvalue weighted by molar-refractivity contribution is 0.102. The lowest BCUT2D eigenvalue weighted by atomic mass is 9.93. The Morgan fingerprint density at radius 2 is 2.10 bits per heavy atom. The number of rotatable bonds is 3. The molecule has 0 atom stereocenters. The van der Waals surface area contributed by atoms with Gasteiger partial charge in [-0.05, 0) is 12.1 Å². The summed E-state index contributed by atoms with van der Waals surface area (Å²) in [7, 11) is 1.51. The first-order valence-electron chi connectivity index (χ1n) is 6.52. The van der Waals surface area contributed by atoms with E-state index in [2.05, 4.69) is 31.1 Å². The molecule has 5 nitrogen and oxygen atoms in total. The monoisotopic (exact) mass is 305 g/mol. The number of nitrogen functional groups attached to an aromatic ring is 1. The third-order valence-electron chi connectivity index (χ3n) is 2.96. The number of carbonyl (C=O) groups is 1. The quantitative estimate of drug-likeness (QED) is 0.853. The van der Waals surface area contributed by atoms with E-state index in [9.17, 15) is 4.79 Å². The van der Waals surface area contributed by atoms with Crippen molar-refractivity contribution in [1.82, 2.24) is 4.98 Å². The minimum absolute atomic E-state index is 0.0433. The van der Waals surface area contributed by atoms with Gasteiger partial charge in [0.05, 0.1) is 18.4 Å². The van der Waals surface area contributed by atoms with Crippen molar-refractivity contribution < 1.29 is 9.53 Å². The van der Waals surface area contributed by atoms with E-state index in [1.54, 1.807) is 18.2 Å². The molecule has 1 aromatic carbocycles. The zero-order chi connectivity index (χ0) is 15.6. The Balaban J connectivity index is 2.20. The van der Waals surface area contributed by atoms with Gasteiger partial charge in [-0.15, -0.1) is 11.3 Å². The molecule has 2 aromatic rings. The summed E-state index contributed by atoms with van der Waals surface area (Å²) in [6.45, 7) is 6.24. The molecule has 0 aliphatic rings. The van der Waals surface area contributed by atoms with Crippen LogP contribution in [0.1, 0.15) is 36.8 Å². The lowest BCUT2D eigenvalue weighted by Gasteiger charge is -2.14. The third-order valence-corrected chi connectivity index (χ3v) is 3.72. The van der Waals surface area contributed by atoms with Crippen LogP contribution >= 0.6 is 11.3 Å². The van der Waals surface area contributed by atoms with E-state index < -0.39 is 0 Å². The second kappa shape index (κ2) is 5.73. The Morgan fingerprint density at radius 3 is 2.67 bits per heavy atom. The van der Waals surface area contributed by atoms with Crippen LogP contribution in [0.2, 0.25) is 0 Å². The fourth-order valence-corrected chi connectivity index (χ4v) is 2.67. The molecule has 0 bridgehead atoms. The van der Waals surface area contributed by atoms with Crippen molar-refractivity contribution in [2.24, 2.45) is 0 Å². The Morgan fingerprint density at radius 1 is 1.38 bits per heavy atom. The number of ether oxygens (including phenoxy) is 1. The van der Waals surface area contributed by atoms with Gasteiger partial charge in [-0.25, -0.2) is 4.98 Å². The summed E-state index contributed by atoms with van der Waals surface area (Å²) < 4.78 is 5.19. The molecule has 0 unspecified atom stereocenters. The van der Waals surface area contributed by atoms with Crippen molar-refractivity contribution >= 4 is 28.1 Å². The Labute approximate surface area is 128 Å². The smallest absolute Gasteiger partial charge is 0.261 e. The highest BCUT2D eigenvalue weighted by Gasteiger charge is 2.19. The van der Waals surface area contributed by atoms with Crippen molar-refractivity contribution in [2.75, 3.05) is 18.2 Å². The van der Waals surface area contributed by atoms with E-state index in [0.717, 1.165) is 5.69 Å². The highest BCUT2D eigenvalue weighted by molar-refractivity contribution is 7.14. The van der Waals surface area contributed by atoms with E-state index in [1.165, 1.54) is 18.4 Å². The second-order valence-electron chi connectivity index (χ2n) is 5.70. The average Bonchev–Trinajstić information content (AvgIpc) is 2.86. The van der Waals surface area contributed by atoms with Gasteiger partial charge in [-0.1, -0.05) is 20.8 Å². The fourth-order valence-electron chi connectivity index (χ4n) is 1.74. The molecule has 21 heavy (non-hydrogen) atoms. The number of benzene rings is 1. The minimum atomic E-state index is -0.262. The van der Waals surface area contributed by atoms with Crippen LogP contribution < -0.4 is 15.8 Å². The number of nitrogens with zero attached hydrogens (tertiary/aromatic N) is 1. The van der Waals surface area contributed by atoms with Gasteiger partial charge >= 0.3 is 0 Å². The molecule has 1 amide bonds. The molecule has 112 valence electrons. The summed E-state index contributed by atoms with van der Waals surface area (Å²) in [6, 6.07) is 4.93. The molecule has 2 rings (SSSR count). The summed E-state index contributed by atoms with van der Waals surface area (Å²) in [5.74, 6) is 0.182. The molecule has 0 saturated heterocycles. The van der Waals surface area contributed by atoms with Gasteiger partial charge in [0.2, 0.25) is 0 Å². The van der Waals surface area contributed by atoms with Gasteiger partial charge in [0.25, 0.3) is 5.91 Å². The molecule has 0 saturated carbocycles. The van der Waals surface area contributed by atoms with Crippen LogP contribution in [0.25, 0.3) is 0 Å². The molecular formula is C15H19N3O2S. The number of methoxy groups -OCH3 is 1. The molecule has 0 aliphatic heterocycles. The Bertz CT molecular complexity index is 659. The SMILES string of the molecule is COc1cc(N)ccc1C(=O)Nc1nc(C(C)(C)C)cs1. The van der Waals surface area contributed by atoms with Gasteiger partial charge in [-0.3, -0.25) is 10.1 Å². The zero-order valence-corrected chi connectivity index (χ0v) is 13.4. The van der Waals surface area contributed by atoms with Gasteiger partial charge in [-0.2, -0.15) is 0 Å². The van der Waals surface area contributed by atoms with Crippen molar-refractivity contribution in [1.29, 1.82) is 0 Å². The predicted molar refractivity (Wildman–Crippen MR) is 86.2 cm³/mol. The van der Waals surface area contributed by atoms with Gasteiger partial charge in [0.1, 0.15) is 5.75 Å². The van der Waals surface area contributed by atoms with Crippen molar-refractivity contribution in [2.45, 2.75) is 26.2 Å². The van der Waals surface area contributed by atoms with Crippen LogP contribution in [0.15, 0.2) is 23.6 Å². The Hall–Kier alpha value is -2.08. The van der Waals surface area contributed by atoms with E-state index >= 15 is 0 Å². The van der Waals surface area contributed by atoms with Crippen LogP contribution in [0.4, 0.5) is 10.8 Å². The van der Waals surface area contributed by atoms with Gasteiger partial charge < -0.3 is 10.5 Å². The van der Waals surface area contributed by atoms with Crippen LogP contribution in [-0.4, -0.2) is 18.0 Å². The molecule has 0 fully saturated rings. The molecule has 1 aromatic heterocycles. The number of thiazole rings is 1. The molecule has 0 spiro atoms. The zero-order valence-electron chi connectivity index (χ0n) is 12.6. The molecule has 6 heteroatoms. The summed E-state index contributed by atoms with van der Waals surface area (Å²) in [5.41, 5.74) is 7.57. The first kappa shape index (κ1) is 15.3. The van der Waals surface area contributed by atoms with Crippen molar-refractivity contribution in [3.05, 3.63) is 34.8 Å². The molecular weight excluding hydrogens is 286 g/mol. The van der Waals surface area contributed by atoms with Crippen LogP contribution in [0.5, 0.6) is 5.75 Å². The number of nitrogens with two attached hydrogens (primary N) is 1. The predicted octanol–water partition coefficient (Wildman–Crippen LogP) is 3.28. The normalized spacial score (nSPS) is 11.2. The van der Waals surface area contributed by atoms with Crippen molar-refractivity contribution in [3.8, 4) is 5.75 Å². The fraction of sp³-hybridized carbons (Fsp3) is 0.333. The summed E-state index contributed by atoms with van der Waals surface area (Å²) in [5, 5.41) is 5.32. The van der Waals surface area contributed by atoms with Gasteiger partial charge in [0.15, 0.2) is 5.13 Å². The standard InChI is InChI=1S/C15H19N3O2S/c1-15(2,3)12-8-21-14(17-12)18-13(19)10-6-5-9(16)7-11(10)20-4/h5-8H,16H2,1-4H3,(H,17,18,19). The van der Waals surface area contributed by atoms with Gasteiger partial charge in [0, 0.05) is 22.5 Å². The Kier molecular flexibility index (Phi) is 4.18. The number of amides is 1. The first-order chi connectivity index (χ1) is 9.81. The number of carbonyl (C=O) groups excluding carboxylic acids is 1. The first-order valence-corrected chi connectivity index (χ1v) is 7.40. The number of aromatic nitrogens is 1. The van der Waals surface area contributed by atoms with Crippen LogP contribution in [-0.2, 0) is 5.41 Å². The summed E-state index contributed by atoms with van der Waals surface area (Å²) in [6.07, 6.45) is 0. The minimum Gasteiger partial charge on any atom is -0.496 e. The van der Waals surface area contributed by atoms with E-state index in [4.69, 9.17) is 10.5 Å². The molecule has 0 aliphatic carbocycles. The number of hydrogen-bond donors (Lipinski definition) is 2. The van der Waals surface area contributed by atoms with E-state index in [1.807, 2.05) is 5.38 Å². The lowest BCUT2D eigenvalue weighted by Crippen LogP contribution is -2.15. The molecule has 1 heterocycles. The second-order valence-corrected chi connectivity index (χ2v) is 6.56. The average molecular weight is 305 g/mol. The molecule has 3 N–H and O–H groups in total. The summed E-state index contributed by atoms with van der Waals surface area (Å²) in [4.78, 5) is 16.7. The number of anilines is 2. The molecule has 0 radical (unpaired) electrons. The van der Waals surface area contributed by atoms with Crippen molar-refractivity contribution in [3.63, 3.8) is 0 Å². The van der Waals surface area contributed by atoms with Crippen LogP contribution in [0.3, 0.4) is 0 Å². The maximum Gasteiger partial charge on any atom is 0.261 e. The highest BCUT2D eigenvalue weighted by Crippen LogP contribution is 2.27. The maximum atomic E-state index is 12.3.